The van der Waals surface area contributed by atoms with Gasteiger partial charge in [-0.25, -0.2) is 4.98 Å². The van der Waals surface area contributed by atoms with Crippen molar-refractivity contribution in [2.45, 2.75) is 52.0 Å². The molecule has 0 atom stereocenters. The van der Waals surface area contributed by atoms with E-state index in [0.717, 1.165) is 46.6 Å². The highest BCUT2D eigenvalue weighted by molar-refractivity contribution is 5.97. The lowest BCUT2D eigenvalue weighted by Crippen LogP contribution is -2.41. The molecule has 3 aromatic rings. The number of benzene rings is 2. The molecular formula is C26H30N4O2. The number of rotatable bonds is 3. The Morgan fingerprint density at radius 3 is 2.62 bits per heavy atom. The van der Waals surface area contributed by atoms with Crippen molar-refractivity contribution in [3.05, 3.63) is 59.4 Å². The quantitative estimate of drug-likeness (QED) is 0.662. The number of carbonyl (C=O) groups excluding carboxylic acids is 2. The summed E-state index contributed by atoms with van der Waals surface area (Å²) in [5, 5.41) is 3.09. The molecular weight excluding hydrogens is 400 g/mol. The van der Waals surface area contributed by atoms with Gasteiger partial charge in [-0.2, -0.15) is 0 Å². The van der Waals surface area contributed by atoms with Gasteiger partial charge in [-0.05, 0) is 62.4 Å². The van der Waals surface area contributed by atoms with Crippen LogP contribution in [0, 0.1) is 12.8 Å². The highest BCUT2D eigenvalue weighted by Gasteiger charge is 2.28. The first-order chi connectivity index (χ1) is 15.6. The number of imidazole rings is 1. The fraction of sp³-hybridized carbons (Fsp3) is 0.423. The summed E-state index contributed by atoms with van der Waals surface area (Å²) in [6, 6.07) is 13.7. The average molecular weight is 431 g/mol. The highest BCUT2D eigenvalue weighted by atomic mass is 16.2. The van der Waals surface area contributed by atoms with Crippen molar-refractivity contribution < 1.29 is 9.59 Å². The van der Waals surface area contributed by atoms with Crippen LogP contribution in [-0.2, 0) is 17.8 Å². The molecule has 2 aliphatic heterocycles. The largest absolute Gasteiger partial charge is 0.339 e. The minimum Gasteiger partial charge on any atom is -0.339 e. The van der Waals surface area contributed by atoms with E-state index < -0.39 is 0 Å². The Balaban J connectivity index is 1.22. The maximum atomic E-state index is 12.9. The van der Waals surface area contributed by atoms with Gasteiger partial charge >= 0.3 is 0 Å². The van der Waals surface area contributed by atoms with E-state index in [1.165, 1.54) is 19.3 Å². The van der Waals surface area contributed by atoms with Crippen molar-refractivity contribution in [3.8, 4) is 0 Å². The number of hydrogen-bond donors (Lipinski definition) is 1. The van der Waals surface area contributed by atoms with Gasteiger partial charge in [0.05, 0.1) is 11.0 Å². The van der Waals surface area contributed by atoms with E-state index in [2.05, 4.69) is 16.0 Å². The predicted octanol–water partition coefficient (Wildman–Crippen LogP) is 4.56. The Hall–Kier alpha value is -3.15. The van der Waals surface area contributed by atoms with Crippen LogP contribution in [0.1, 0.15) is 53.8 Å². The van der Waals surface area contributed by atoms with Crippen molar-refractivity contribution in [2.24, 2.45) is 5.92 Å². The van der Waals surface area contributed by atoms with Crippen LogP contribution >= 0.6 is 0 Å². The number of piperidine rings is 1. The van der Waals surface area contributed by atoms with E-state index in [-0.39, 0.29) is 17.7 Å². The number of aromatic nitrogens is 2. The molecule has 2 aliphatic rings. The van der Waals surface area contributed by atoms with Gasteiger partial charge < -0.3 is 14.8 Å². The minimum atomic E-state index is -0.0784. The zero-order valence-corrected chi connectivity index (χ0v) is 18.6. The number of nitrogens with zero attached hydrogens (tertiary/aromatic N) is 3. The molecule has 166 valence electrons. The molecule has 0 unspecified atom stereocenters. The minimum absolute atomic E-state index is 0.0353. The van der Waals surface area contributed by atoms with Crippen LogP contribution in [0.5, 0.6) is 0 Å². The second-order valence-corrected chi connectivity index (χ2v) is 9.06. The molecule has 2 amide bonds. The highest BCUT2D eigenvalue weighted by Crippen LogP contribution is 2.26. The van der Waals surface area contributed by atoms with Crippen LogP contribution in [0.25, 0.3) is 11.0 Å². The Morgan fingerprint density at radius 1 is 1.00 bits per heavy atom. The van der Waals surface area contributed by atoms with E-state index in [1.54, 1.807) is 0 Å². The first kappa shape index (κ1) is 20.7. The standard InChI is InChI=1S/C26H30N4O2/c1-18-7-4-5-8-21(18)26(32)29-15-12-19(13-16-29)25(31)27-20-10-11-23-22(17-20)28-24-9-3-2-6-14-30(23)24/h4-5,7-8,10-11,17,19H,2-3,6,9,12-16H2,1H3,(H,27,31). The number of likely N-dealkylation sites (tertiary alicyclic amines) is 1. The third kappa shape index (κ3) is 4.01. The summed E-state index contributed by atoms with van der Waals surface area (Å²) in [6.07, 6.45) is 6.04. The normalized spacial score (nSPS) is 17.1. The summed E-state index contributed by atoms with van der Waals surface area (Å²) >= 11 is 0. The van der Waals surface area contributed by atoms with E-state index in [4.69, 9.17) is 4.98 Å². The Bertz CT molecular complexity index is 1160. The van der Waals surface area contributed by atoms with Crippen LogP contribution in [-0.4, -0.2) is 39.4 Å². The van der Waals surface area contributed by atoms with Crippen molar-refractivity contribution >= 4 is 28.5 Å². The van der Waals surface area contributed by atoms with Crippen LogP contribution in [0.15, 0.2) is 42.5 Å². The predicted molar refractivity (Wildman–Crippen MR) is 126 cm³/mol. The SMILES string of the molecule is Cc1ccccc1C(=O)N1CCC(C(=O)Nc2ccc3c(c2)nc2n3CCCCC2)CC1. The topological polar surface area (TPSA) is 67.2 Å². The van der Waals surface area contributed by atoms with Gasteiger partial charge in [0.1, 0.15) is 5.82 Å². The van der Waals surface area contributed by atoms with Gasteiger partial charge in [0.15, 0.2) is 0 Å². The van der Waals surface area contributed by atoms with Gasteiger partial charge in [-0.1, -0.05) is 24.6 Å². The lowest BCUT2D eigenvalue weighted by Gasteiger charge is -2.31. The summed E-state index contributed by atoms with van der Waals surface area (Å²) in [6.45, 7) is 4.20. The molecule has 1 fully saturated rings. The first-order valence-corrected chi connectivity index (χ1v) is 11.7. The molecule has 0 saturated carbocycles. The second-order valence-electron chi connectivity index (χ2n) is 9.06. The lowest BCUT2D eigenvalue weighted by molar-refractivity contribution is -0.121. The van der Waals surface area contributed by atoms with Crippen molar-refractivity contribution in [2.75, 3.05) is 18.4 Å². The molecule has 0 bridgehead atoms. The summed E-state index contributed by atoms with van der Waals surface area (Å²) in [4.78, 5) is 32.4. The molecule has 3 heterocycles. The van der Waals surface area contributed by atoms with Gasteiger partial charge in [-0.15, -0.1) is 0 Å². The van der Waals surface area contributed by atoms with Crippen molar-refractivity contribution in [1.29, 1.82) is 0 Å². The molecule has 6 heteroatoms. The number of carbonyl (C=O) groups is 2. The molecule has 0 radical (unpaired) electrons. The zero-order chi connectivity index (χ0) is 22.1. The first-order valence-electron chi connectivity index (χ1n) is 11.7. The maximum absolute atomic E-state index is 12.9. The number of hydrogen-bond acceptors (Lipinski definition) is 3. The van der Waals surface area contributed by atoms with Gasteiger partial charge in [-0.3, -0.25) is 9.59 Å². The average Bonchev–Trinajstić information content (AvgIpc) is 2.98. The fourth-order valence-electron chi connectivity index (χ4n) is 5.00. The summed E-state index contributed by atoms with van der Waals surface area (Å²) in [7, 11) is 0. The number of fused-ring (bicyclic) bond motifs is 3. The van der Waals surface area contributed by atoms with E-state index in [9.17, 15) is 9.59 Å². The monoisotopic (exact) mass is 430 g/mol. The summed E-state index contributed by atoms with van der Waals surface area (Å²) in [5.74, 6) is 1.18. The molecule has 0 spiro atoms. The maximum Gasteiger partial charge on any atom is 0.254 e. The smallest absolute Gasteiger partial charge is 0.254 e. The van der Waals surface area contributed by atoms with E-state index >= 15 is 0 Å². The third-order valence-electron chi connectivity index (χ3n) is 6.91. The third-order valence-corrected chi connectivity index (χ3v) is 6.91. The Morgan fingerprint density at radius 2 is 1.81 bits per heavy atom. The van der Waals surface area contributed by atoms with Gasteiger partial charge in [0.2, 0.25) is 5.91 Å². The van der Waals surface area contributed by atoms with Crippen molar-refractivity contribution in [3.63, 3.8) is 0 Å². The number of aryl methyl sites for hydroxylation is 3. The Labute approximate surface area is 188 Å². The van der Waals surface area contributed by atoms with Crippen LogP contribution < -0.4 is 5.32 Å². The lowest BCUT2D eigenvalue weighted by atomic mass is 9.95. The number of nitrogens with one attached hydrogen (secondary N) is 1. The number of amides is 2. The van der Waals surface area contributed by atoms with Crippen LogP contribution in [0.3, 0.4) is 0 Å². The zero-order valence-electron chi connectivity index (χ0n) is 18.6. The van der Waals surface area contributed by atoms with Gasteiger partial charge in [0.25, 0.3) is 5.91 Å². The van der Waals surface area contributed by atoms with Crippen molar-refractivity contribution in [1.82, 2.24) is 14.5 Å². The summed E-state index contributed by atoms with van der Waals surface area (Å²) in [5.41, 5.74) is 4.65. The summed E-state index contributed by atoms with van der Waals surface area (Å²) < 4.78 is 2.33. The molecule has 0 aliphatic carbocycles. The van der Waals surface area contributed by atoms with E-state index in [0.29, 0.717) is 25.9 Å². The molecule has 2 aromatic carbocycles. The van der Waals surface area contributed by atoms with E-state index in [1.807, 2.05) is 48.2 Å². The second kappa shape index (κ2) is 8.77. The molecule has 1 saturated heterocycles. The fourth-order valence-corrected chi connectivity index (χ4v) is 5.00. The molecule has 32 heavy (non-hydrogen) atoms. The van der Waals surface area contributed by atoms with Crippen LogP contribution in [0.4, 0.5) is 5.69 Å². The molecule has 1 N–H and O–H groups in total. The Kier molecular flexibility index (Phi) is 5.68. The number of anilines is 1. The molecule has 1 aromatic heterocycles. The van der Waals surface area contributed by atoms with Gasteiger partial charge in [0, 0.05) is 43.2 Å². The molecule has 5 rings (SSSR count). The molecule has 6 nitrogen and oxygen atoms in total. The van der Waals surface area contributed by atoms with Crippen LogP contribution in [0.2, 0.25) is 0 Å².